The molecule has 1 aliphatic heterocycles. The number of piperazine rings is 1. The van der Waals surface area contributed by atoms with Crippen molar-refractivity contribution in [2.45, 2.75) is 20.0 Å². The van der Waals surface area contributed by atoms with E-state index in [1.807, 2.05) is 30.3 Å². The molecule has 0 unspecified atom stereocenters. The van der Waals surface area contributed by atoms with Gasteiger partial charge in [-0.2, -0.15) is 0 Å². The highest BCUT2D eigenvalue weighted by molar-refractivity contribution is 14.0. The molecule has 1 saturated heterocycles. The predicted molar refractivity (Wildman–Crippen MR) is 126 cm³/mol. The number of guanidine groups is 1. The fraction of sp³-hybridized carbons (Fsp3) is 0.450. The SMILES string of the molecule is CCNC(=NCc1ccc(NC(=O)OC)cc1)N1CCN(Cc2ccon2)CC1.I. The van der Waals surface area contributed by atoms with Crippen LogP contribution < -0.4 is 10.6 Å². The largest absolute Gasteiger partial charge is 0.453 e. The number of benzene rings is 1. The molecule has 0 spiro atoms. The molecule has 0 atom stereocenters. The molecule has 10 heteroatoms. The summed E-state index contributed by atoms with van der Waals surface area (Å²) in [6.07, 6.45) is 1.13. The first-order valence-electron chi connectivity index (χ1n) is 9.76. The molecule has 1 aromatic carbocycles. The number of carbonyl (C=O) groups excluding carboxylic acids is 1. The lowest BCUT2D eigenvalue weighted by molar-refractivity contribution is 0.169. The van der Waals surface area contributed by atoms with Crippen LogP contribution in [0.2, 0.25) is 0 Å². The van der Waals surface area contributed by atoms with Gasteiger partial charge in [-0.1, -0.05) is 17.3 Å². The van der Waals surface area contributed by atoms with Crippen LogP contribution in [-0.4, -0.2) is 66.8 Å². The lowest BCUT2D eigenvalue weighted by Crippen LogP contribution is -2.52. The molecule has 1 aromatic heterocycles. The van der Waals surface area contributed by atoms with Gasteiger partial charge >= 0.3 is 6.09 Å². The zero-order chi connectivity index (χ0) is 20.5. The van der Waals surface area contributed by atoms with Crippen LogP contribution >= 0.6 is 24.0 Å². The highest BCUT2D eigenvalue weighted by atomic mass is 127. The average Bonchev–Trinajstić information content (AvgIpc) is 3.26. The van der Waals surface area contributed by atoms with Gasteiger partial charge in [0.2, 0.25) is 0 Å². The third-order valence-electron chi connectivity index (χ3n) is 4.68. The number of amides is 1. The molecule has 9 nitrogen and oxygen atoms in total. The number of rotatable bonds is 6. The van der Waals surface area contributed by atoms with Crippen molar-refractivity contribution in [3.05, 3.63) is 47.9 Å². The standard InChI is InChI=1S/C20H28N6O3.HI/c1-3-21-19(22-14-16-4-6-17(7-5-16)23-20(27)28-2)26-11-9-25(10-12-26)15-18-8-13-29-24-18;/h4-8,13H,3,9-12,14-15H2,1-2H3,(H,21,22)(H,23,27);1H. The van der Waals surface area contributed by atoms with Crippen LogP contribution in [0.3, 0.4) is 0 Å². The Labute approximate surface area is 193 Å². The van der Waals surface area contributed by atoms with Crippen LogP contribution in [0, 0.1) is 0 Å². The van der Waals surface area contributed by atoms with E-state index in [4.69, 9.17) is 9.52 Å². The van der Waals surface area contributed by atoms with E-state index in [9.17, 15) is 4.79 Å². The number of aromatic nitrogens is 1. The molecule has 0 saturated carbocycles. The van der Waals surface area contributed by atoms with E-state index in [-0.39, 0.29) is 24.0 Å². The monoisotopic (exact) mass is 528 g/mol. The molecular formula is C20H29IN6O3. The van der Waals surface area contributed by atoms with Crippen LogP contribution in [0.5, 0.6) is 0 Å². The third kappa shape index (κ3) is 7.17. The summed E-state index contributed by atoms with van der Waals surface area (Å²) in [5, 5.41) is 10.0. The highest BCUT2D eigenvalue weighted by Crippen LogP contribution is 2.12. The molecule has 0 radical (unpaired) electrons. The van der Waals surface area contributed by atoms with E-state index in [0.717, 1.165) is 56.5 Å². The van der Waals surface area contributed by atoms with Gasteiger partial charge in [0, 0.05) is 51.0 Å². The van der Waals surface area contributed by atoms with E-state index in [2.05, 4.69) is 37.3 Å². The molecule has 30 heavy (non-hydrogen) atoms. The van der Waals surface area contributed by atoms with Gasteiger partial charge in [0.25, 0.3) is 0 Å². The van der Waals surface area contributed by atoms with Gasteiger partial charge in [0.15, 0.2) is 5.96 Å². The number of nitrogens with one attached hydrogen (secondary N) is 2. The zero-order valence-electron chi connectivity index (χ0n) is 17.3. The van der Waals surface area contributed by atoms with Crippen molar-refractivity contribution in [3.8, 4) is 0 Å². The molecule has 2 aromatic rings. The van der Waals surface area contributed by atoms with E-state index in [1.54, 1.807) is 6.26 Å². The van der Waals surface area contributed by atoms with Crippen LogP contribution in [-0.2, 0) is 17.8 Å². The number of methoxy groups -OCH3 is 1. The molecular weight excluding hydrogens is 499 g/mol. The summed E-state index contributed by atoms with van der Waals surface area (Å²) in [6, 6.07) is 9.50. The summed E-state index contributed by atoms with van der Waals surface area (Å²) in [7, 11) is 1.34. The van der Waals surface area contributed by atoms with Gasteiger partial charge in [0.05, 0.1) is 19.3 Å². The van der Waals surface area contributed by atoms with Crippen LogP contribution in [0.4, 0.5) is 10.5 Å². The smallest absolute Gasteiger partial charge is 0.411 e. The normalized spacial score (nSPS) is 14.7. The topological polar surface area (TPSA) is 95.2 Å². The molecule has 0 bridgehead atoms. The second-order valence-corrected chi connectivity index (χ2v) is 6.74. The Bertz CT molecular complexity index is 789. The molecule has 1 amide bonds. The maximum Gasteiger partial charge on any atom is 0.411 e. The first-order chi connectivity index (χ1) is 14.2. The first kappa shape index (κ1) is 23.9. The minimum absolute atomic E-state index is 0. The Morgan fingerprint density at radius 3 is 2.53 bits per heavy atom. The zero-order valence-corrected chi connectivity index (χ0v) is 19.7. The lowest BCUT2D eigenvalue weighted by Gasteiger charge is -2.36. The van der Waals surface area contributed by atoms with Gasteiger partial charge < -0.3 is 19.5 Å². The molecule has 0 aliphatic carbocycles. The number of ether oxygens (including phenoxy) is 1. The van der Waals surface area contributed by atoms with E-state index in [0.29, 0.717) is 12.2 Å². The summed E-state index contributed by atoms with van der Waals surface area (Å²) >= 11 is 0. The van der Waals surface area contributed by atoms with E-state index >= 15 is 0 Å². The number of anilines is 1. The summed E-state index contributed by atoms with van der Waals surface area (Å²) in [4.78, 5) is 20.7. The molecule has 2 heterocycles. The Morgan fingerprint density at radius 2 is 1.93 bits per heavy atom. The predicted octanol–water partition coefficient (Wildman–Crippen LogP) is 2.75. The van der Waals surface area contributed by atoms with Gasteiger partial charge in [-0.25, -0.2) is 9.79 Å². The maximum atomic E-state index is 11.3. The van der Waals surface area contributed by atoms with E-state index < -0.39 is 6.09 Å². The van der Waals surface area contributed by atoms with Gasteiger partial charge in [-0.15, -0.1) is 24.0 Å². The number of halogens is 1. The van der Waals surface area contributed by atoms with Crippen molar-refractivity contribution in [3.63, 3.8) is 0 Å². The first-order valence-corrected chi connectivity index (χ1v) is 9.76. The Balaban J connectivity index is 0.00000320. The van der Waals surface area contributed by atoms with Crippen molar-refractivity contribution in [2.24, 2.45) is 4.99 Å². The number of hydrogen-bond donors (Lipinski definition) is 2. The second-order valence-electron chi connectivity index (χ2n) is 6.74. The summed E-state index contributed by atoms with van der Waals surface area (Å²) < 4.78 is 9.51. The van der Waals surface area contributed by atoms with Crippen molar-refractivity contribution in [1.82, 2.24) is 20.3 Å². The molecule has 1 aliphatic rings. The van der Waals surface area contributed by atoms with Crippen molar-refractivity contribution >= 4 is 41.7 Å². The van der Waals surface area contributed by atoms with Gasteiger partial charge in [-0.3, -0.25) is 10.2 Å². The quantitative estimate of drug-likeness (QED) is 0.338. The molecule has 1 fully saturated rings. The molecule has 2 N–H and O–H groups in total. The van der Waals surface area contributed by atoms with Crippen LogP contribution in [0.25, 0.3) is 0 Å². The van der Waals surface area contributed by atoms with Crippen molar-refractivity contribution in [2.75, 3.05) is 45.2 Å². The fourth-order valence-corrected chi connectivity index (χ4v) is 3.12. The minimum atomic E-state index is -0.479. The summed E-state index contributed by atoms with van der Waals surface area (Å²) in [5.74, 6) is 0.922. The number of aliphatic imine (C=N–C) groups is 1. The molecule has 3 rings (SSSR count). The van der Waals surface area contributed by atoms with Crippen LogP contribution in [0.1, 0.15) is 18.2 Å². The lowest BCUT2D eigenvalue weighted by atomic mass is 10.2. The maximum absolute atomic E-state index is 11.3. The van der Waals surface area contributed by atoms with Crippen LogP contribution in [0.15, 0.2) is 46.1 Å². The third-order valence-corrected chi connectivity index (χ3v) is 4.68. The Kier molecular flexibility index (Phi) is 9.87. The number of nitrogens with zero attached hydrogens (tertiary/aromatic N) is 4. The number of hydrogen-bond acceptors (Lipinski definition) is 6. The summed E-state index contributed by atoms with van der Waals surface area (Å²) in [5.41, 5.74) is 2.73. The van der Waals surface area contributed by atoms with Crippen molar-refractivity contribution < 1.29 is 14.1 Å². The number of carbonyl (C=O) groups is 1. The molecule has 164 valence electrons. The van der Waals surface area contributed by atoms with E-state index in [1.165, 1.54) is 7.11 Å². The van der Waals surface area contributed by atoms with Gasteiger partial charge in [-0.05, 0) is 24.6 Å². The average molecular weight is 528 g/mol. The van der Waals surface area contributed by atoms with Gasteiger partial charge in [0.1, 0.15) is 6.26 Å². The highest BCUT2D eigenvalue weighted by Gasteiger charge is 2.20. The second kappa shape index (κ2) is 12.4. The Morgan fingerprint density at radius 1 is 1.20 bits per heavy atom. The minimum Gasteiger partial charge on any atom is -0.453 e. The summed E-state index contributed by atoms with van der Waals surface area (Å²) in [6.45, 7) is 7.99. The fourth-order valence-electron chi connectivity index (χ4n) is 3.12. The van der Waals surface area contributed by atoms with Crippen molar-refractivity contribution in [1.29, 1.82) is 0 Å². The Hall–Kier alpha value is -2.34.